The summed E-state index contributed by atoms with van der Waals surface area (Å²) in [7, 11) is 1.84. The Morgan fingerprint density at radius 2 is 2.32 bits per heavy atom. The minimum absolute atomic E-state index is 0.0867. The van der Waals surface area contributed by atoms with E-state index >= 15 is 0 Å². The Bertz CT molecular complexity index is 586. The highest BCUT2D eigenvalue weighted by atomic mass is 32.1. The molecule has 0 atom stereocenters. The molecule has 1 N–H and O–H groups in total. The first-order valence-corrected chi connectivity index (χ1v) is 6.03. The fourth-order valence-corrected chi connectivity index (χ4v) is 1.80. The average molecular weight is 279 g/mol. The van der Waals surface area contributed by atoms with E-state index < -0.39 is 5.97 Å². The van der Waals surface area contributed by atoms with Gasteiger partial charge in [0, 0.05) is 19.3 Å². The van der Waals surface area contributed by atoms with Crippen molar-refractivity contribution in [1.82, 2.24) is 20.2 Å². The zero-order chi connectivity index (χ0) is 13.8. The molecule has 0 unspecified atom stereocenters. The van der Waals surface area contributed by atoms with Crippen molar-refractivity contribution in [3.05, 3.63) is 24.3 Å². The third-order valence-electron chi connectivity index (χ3n) is 2.63. The van der Waals surface area contributed by atoms with Gasteiger partial charge in [0.2, 0.25) is 5.16 Å². The van der Waals surface area contributed by atoms with Crippen LogP contribution in [0.2, 0.25) is 0 Å². The summed E-state index contributed by atoms with van der Waals surface area (Å²) in [6, 6.07) is 7.48. The van der Waals surface area contributed by atoms with E-state index in [0.717, 1.165) is 11.4 Å². The van der Waals surface area contributed by atoms with Gasteiger partial charge in [0.05, 0.1) is 12.1 Å². The fraction of sp³-hybridized carbons (Fsp3) is 0.273. The molecule has 0 radical (unpaired) electrons. The standard InChI is InChI=1S/C11H13N5O2S/c1-15(6-5-10(17)18)8-3-2-4-9(7-8)16-11(19)12-13-14-16/h2-4,7H,5-6H2,1H3,(H,17,18)(H,12,14,19). The lowest BCUT2D eigenvalue weighted by Crippen LogP contribution is -2.21. The lowest BCUT2D eigenvalue weighted by molar-refractivity contribution is -0.136. The topological polar surface area (TPSA) is 84.1 Å². The Morgan fingerprint density at radius 1 is 1.53 bits per heavy atom. The van der Waals surface area contributed by atoms with Crippen LogP contribution >= 0.6 is 12.6 Å². The molecule has 2 aromatic rings. The largest absolute Gasteiger partial charge is 0.481 e. The zero-order valence-electron chi connectivity index (χ0n) is 10.3. The Balaban J connectivity index is 2.20. The van der Waals surface area contributed by atoms with Gasteiger partial charge in [0.25, 0.3) is 0 Å². The molecular formula is C11H13N5O2S. The van der Waals surface area contributed by atoms with Crippen molar-refractivity contribution in [3.63, 3.8) is 0 Å². The maximum Gasteiger partial charge on any atom is 0.305 e. The van der Waals surface area contributed by atoms with Crippen LogP contribution in [0.15, 0.2) is 29.4 Å². The highest BCUT2D eigenvalue weighted by Crippen LogP contribution is 2.18. The van der Waals surface area contributed by atoms with Crippen molar-refractivity contribution in [2.75, 3.05) is 18.5 Å². The van der Waals surface area contributed by atoms with Crippen molar-refractivity contribution >= 4 is 24.3 Å². The second-order valence-electron chi connectivity index (χ2n) is 3.98. The predicted octanol–water partition coefficient (Wildman–Crippen LogP) is 0.862. The van der Waals surface area contributed by atoms with Gasteiger partial charge < -0.3 is 10.0 Å². The number of nitrogens with zero attached hydrogens (tertiary/aromatic N) is 5. The van der Waals surface area contributed by atoms with Crippen LogP contribution in [0.4, 0.5) is 5.69 Å². The normalized spacial score (nSPS) is 10.4. The van der Waals surface area contributed by atoms with E-state index in [2.05, 4.69) is 28.2 Å². The van der Waals surface area contributed by atoms with Crippen molar-refractivity contribution in [1.29, 1.82) is 0 Å². The quantitative estimate of drug-likeness (QED) is 0.790. The highest BCUT2D eigenvalue weighted by molar-refractivity contribution is 7.80. The van der Waals surface area contributed by atoms with Gasteiger partial charge in [-0.2, -0.15) is 4.68 Å². The molecule has 0 aliphatic rings. The molecule has 0 aliphatic carbocycles. The monoisotopic (exact) mass is 279 g/mol. The van der Waals surface area contributed by atoms with Gasteiger partial charge in [-0.1, -0.05) is 6.07 Å². The minimum Gasteiger partial charge on any atom is -0.481 e. The van der Waals surface area contributed by atoms with Crippen molar-refractivity contribution in [2.45, 2.75) is 11.6 Å². The van der Waals surface area contributed by atoms with Gasteiger partial charge >= 0.3 is 5.97 Å². The van der Waals surface area contributed by atoms with E-state index in [1.54, 1.807) is 0 Å². The number of carboxylic acid groups (broad SMARTS) is 1. The van der Waals surface area contributed by atoms with Crippen LogP contribution in [0.1, 0.15) is 6.42 Å². The van der Waals surface area contributed by atoms with Gasteiger partial charge in [-0.3, -0.25) is 4.79 Å². The molecule has 1 aromatic carbocycles. The van der Waals surface area contributed by atoms with Gasteiger partial charge in [0.1, 0.15) is 0 Å². The maximum atomic E-state index is 10.6. The maximum absolute atomic E-state index is 10.6. The van der Waals surface area contributed by atoms with Crippen LogP contribution in [0.5, 0.6) is 0 Å². The number of carboxylic acids is 1. The van der Waals surface area contributed by atoms with Gasteiger partial charge in [-0.25, -0.2) is 0 Å². The molecule has 8 heteroatoms. The Labute approximate surface area is 115 Å². The van der Waals surface area contributed by atoms with E-state index in [4.69, 9.17) is 5.11 Å². The van der Waals surface area contributed by atoms with Crippen molar-refractivity contribution in [2.24, 2.45) is 0 Å². The third kappa shape index (κ3) is 3.22. The van der Waals surface area contributed by atoms with Gasteiger partial charge in [0.15, 0.2) is 0 Å². The average Bonchev–Trinajstić information content (AvgIpc) is 2.82. The van der Waals surface area contributed by atoms with Crippen LogP contribution in [0, 0.1) is 0 Å². The first-order valence-electron chi connectivity index (χ1n) is 5.58. The van der Waals surface area contributed by atoms with E-state index in [-0.39, 0.29) is 6.42 Å². The summed E-state index contributed by atoms with van der Waals surface area (Å²) in [5.74, 6) is -0.818. The van der Waals surface area contributed by atoms with Crippen LogP contribution < -0.4 is 4.90 Å². The van der Waals surface area contributed by atoms with Crippen LogP contribution in [-0.4, -0.2) is 44.9 Å². The molecule has 0 saturated heterocycles. The first kappa shape index (κ1) is 13.3. The summed E-state index contributed by atoms with van der Waals surface area (Å²) in [4.78, 5) is 12.4. The molecule has 0 fully saturated rings. The minimum atomic E-state index is -0.818. The molecule has 0 amide bonds. The van der Waals surface area contributed by atoms with Crippen LogP contribution in [0.25, 0.3) is 5.69 Å². The summed E-state index contributed by atoms with van der Waals surface area (Å²) in [6.45, 7) is 0.433. The van der Waals surface area contributed by atoms with E-state index in [1.807, 2.05) is 36.2 Å². The predicted molar refractivity (Wildman–Crippen MR) is 71.9 cm³/mol. The summed E-state index contributed by atoms with van der Waals surface area (Å²) in [5.41, 5.74) is 1.66. The molecule has 2 rings (SSSR count). The SMILES string of the molecule is CN(CCC(=O)O)c1cccc(-n2nnnc2S)c1. The second-order valence-corrected chi connectivity index (χ2v) is 4.38. The lowest BCUT2D eigenvalue weighted by atomic mass is 10.2. The number of anilines is 1. The molecule has 0 bridgehead atoms. The van der Waals surface area contributed by atoms with E-state index in [9.17, 15) is 4.79 Å². The molecule has 0 spiro atoms. The van der Waals surface area contributed by atoms with E-state index in [1.165, 1.54) is 4.68 Å². The molecule has 0 saturated carbocycles. The van der Waals surface area contributed by atoms with Crippen molar-refractivity contribution < 1.29 is 9.90 Å². The first-order chi connectivity index (χ1) is 9.08. The molecule has 1 heterocycles. The number of aromatic nitrogens is 4. The summed E-state index contributed by atoms with van der Waals surface area (Å²) < 4.78 is 1.50. The third-order valence-corrected chi connectivity index (χ3v) is 2.91. The zero-order valence-corrected chi connectivity index (χ0v) is 11.2. The molecule has 0 aliphatic heterocycles. The molecule has 7 nitrogen and oxygen atoms in total. The fourth-order valence-electron chi connectivity index (χ4n) is 1.60. The van der Waals surface area contributed by atoms with Gasteiger partial charge in [-0.15, -0.1) is 17.7 Å². The van der Waals surface area contributed by atoms with Crippen LogP contribution in [-0.2, 0) is 4.79 Å². The second kappa shape index (κ2) is 5.70. The number of carbonyl (C=O) groups is 1. The smallest absolute Gasteiger partial charge is 0.305 e. The lowest BCUT2D eigenvalue weighted by Gasteiger charge is -2.18. The van der Waals surface area contributed by atoms with Crippen molar-refractivity contribution in [3.8, 4) is 5.69 Å². The number of hydrogen-bond acceptors (Lipinski definition) is 6. The summed E-state index contributed by atoms with van der Waals surface area (Å²) in [5, 5.41) is 20.1. The summed E-state index contributed by atoms with van der Waals surface area (Å²) in [6.07, 6.45) is 0.0867. The Morgan fingerprint density at radius 3 is 2.95 bits per heavy atom. The highest BCUT2D eigenvalue weighted by Gasteiger charge is 2.08. The number of thiol groups is 1. The van der Waals surface area contributed by atoms with E-state index in [0.29, 0.717) is 11.7 Å². The molecule has 19 heavy (non-hydrogen) atoms. The summed E-state index contributed by atoms with van der Waals surface area (Å²) >= 11 is 4.15. The van der Waals surface area contributed by atoms with Crippen LogP contribution in [0.3, 0.4) is 0 Å². The number of rotatable bonds is 5. The molecular weight excluding hydrogens is 266 g/mol. The number of aliphatic carboxylic acids is 1. The number of tetrazole rings is 1. The van der Waals surface area contributed by atoms with Gasteiger partial charge in [-0.05, 0) is 28.6 Å². The molecule has 100 valence electrons. The Hall–Kier alpha value is -2.09. The molecule has 1 aromatic heterocycles. The Kier molecular flexibility index (Phi) is 4.00. The number of benzene rings is 1. The number of hydrogen-bond donors (Lipinski definition) is 2.